The number of aryl methyl sites for hydroxylation is 1. The van der Waals surface area contributed by atoms with E-state index in [2.05, 4.69) is 12.1 Å². The summed E-state index contributed by atoms with van der Waals surface area (Å²) in [5.74, 6) is 1.15. The zero-order valence-corrected chi connectivity index (χ0v) is 8.25. The number of nitrogens with two attached hydrogens (primary N) is 1. The number of benzene rings is 1. The third-order valence-corrected chi connectivity index (χ3v) is 3.32. The van der Waals surface area contributed by atoms with Gasteiger partial charge in [0.1, 0.15) is 5.75 Å². The van der Waals surface area contributed by atoms with E-state index in [-0.39, 0.29) is 6.04 Å². The molecular weight excluding hydrogens is 174 g/mol. The Morgan fingerprint density at radius 1 is 1.29 bits per heavy atom. The fraction of sp³-hybridized carbons (Fsp3) is 0.500. The average molecular weight is 189 g/mol. The van der Waals surface area contributed by atoms with Crippen molar-refractivity contribution in [2.75, 3.05) is 6.61 Å². The van der Waals surface area contributed by atoms with Crippen molar-refractivity contribution in [3.63, 3.8) is 0 Å². The van der Waals surface area contributed by atoms with Crippen molar-refractivity contribution in [3.05, 3.63) is 28.8 Å². The maximum absolute atomic E-state index is 6.02. The smallest absolute Gasteiger partial charge is 0.125 e. The van der Waals surface area contributed by atoms with Crippen LogP contribution in [0.1, 0.15) is 35.6 Å². The molecular formula is C12H15NO. The summed E-state index contributed by atoms with van der Waals surface area (Å²) in [6.45, 7) is 0.874. The average Bonchev–Trinajstić information content (AvgIpc) is 2.61. The fourth-order valence-corrected chi connectivity index (χ4v) is 2.57. The lowest BCUT2D eigenvalue weighted by molar-refractivity contribution is 0.285. The largest absolute Gasteiger partial charge is 0.493 e. The molecule has 2 nitrogen and oxygen atoms in total. The van der Waals surface area contributed by atoms with Crippen LogP contribution in [0.3, 0.4) is 0 Å². The molecule has 2 aliphatic rings. The molecule has 1 aliphatic carbocycles. The standard InChI is InChI=1S/C12H15NO/c13-11-6-5-10-9(11)4-3-8-2-1-7-14-12(8)10/h3-4,11H,1-2,5-7,13H2. The summed E-state index contributed by atoms with van der Waals surface area (Å²) in [6, 6.07) is 4.62. The first-order chi connectivity index (χ1) is 6.86. The zero-order valence-electron chi connectivity index (χ0n) is 8.25. The molecule has 0 amide bonds. The number of ether oxygens (including phenoxy) is 1. The van der Waals surface area contributed by atoms with Gasteiger partial charge in [-0.15, -0.1) is 0 Å². The lowest BCUT2D eigenvalue weighted by atomic mass is 9.99. The van der Waals surface area contributed by atoms with E-state index in [9.17, 15) is 0 Å². The molecule has 0 saturated heterocycles. The van der Waals surface area contributed by atoms with Gasteiger partial charge in [-0.1, -0.05) is 12.1 Å². The molecule has 2 heteroatoms. The van der Waals surface area contributed by atoms with Crippen LogP contribution in [0.15, 0.2) is 12.1 Å². The van der Waals surface area contributed by atoms with Crippen molar-refractivity contribution in [1.29, 1.82) is 0 Å². The molecule has 0 saturated carbocycles. The topological polar surface area (TPSA) is 35.2 Å². The van der Waals surface area contributed by atoms with Gasteiger partial charge >= 0.3 is 0 Å². The molecule has 0 bridgehead atoms. The predicted molar refractivity (Wildman–Crippen MR) is 55.5 cm³/mol. The Morgan fingerprint density at radius 2 is 2.21 bits per heavy atom. The monoisotopic (exact) mass is 189 g/mol. The van der Waals surface area contributed by atoms with Crippen molar-refractivity contribution in [1.82, 2.24) is 0 Å². The van der Waals surface area contributed by atoms with Crippen LogP contribution in [0.5, 0.6) is 5.75 Å². The lowest BCUT2D eigenvalue weighted by Crippen LogP contribution is -2.11. The summed E-state index contributed by atoms with van der Waals surface area (Å²) in [6.07, 6.45) is 4.49. The maximum atomic E-state index is 6.02. The number of hydrogen-bond donors (Lipinski definition) is 1. The van der Waals surface area contributed by atoms with Gasteiger partial charge in [0, 0.05) is 6.04 Å². The maximum Gasteiger partial charge on any atom is 0.125 e. The van der Waals surface area contributed by atoms with E-state index in [1.807, 2.05) is 0 Å². The van der Waals surface area contributed by atoms with E-state index in [1.54, 1.807) is 0 Å². The van der Waals surface area contributed by atoms with Crippen LogP contribution < -0.4 is 10.5 Å². The van der Waals surface area contributed by atoms with E-state index in [0.717, 1.165) is 38.0 Å². The van der Waals surface area contributed by atoms with E-state index in [1.165, 1.54) is 16.7 Å². The molecule has 0 radical (unpaired) electrons. The van der Waals surface area contributed by atoms with Gasteiger partial charge < -0.3 is 10.5 Å². The highest BCUT2D eigenvalue weighted by Gasteiger charge is 2.25. The molecule has 1 aliphatic heterocycles. The zero-order chi connectivity index (χ0) is 9.54. The van der Waals surface area contributed by atoms with Crippen LogP contribution in [-0.2, 0) is 12.8 Å². The molecule has 2 N–H and O–H groups in total. The second-order valence-electron chi connectivity index (χ2n) is 4.22. The van der Waals surface area contributed by atoms with Crippen molar-refractivity contribution in [2.45, 2.75) is 31.7 Å². The first-order valence-corrected chi connectivity index (χ1v) is 5.39. The second kappa shape index (κ2) is 2.99. The normalized spacial score (nSPS) is 23.9. The minimum absolute atomic E-state index is 0.237. The number of hydrogen-bond acceptors (Lipinski definition) is 2. The Morgan fingerprint density at radius 3 is 3.14 bits per heavy atom. The van der Waals surface area contributed by atoms with E-state index in [0.29, 0.717) is 0 Å². The SMILES string of the molecule is NC1CCc2c1ccc1c2OCCC1. The molecule has 1 unspecified atom stereocenters. The van der Waals surface area contributed by atoms with Crippen LogP contribution >= 0.6 is 0 Å². The first kappa shape index (κ1) is 8.30. The summed E-state index contributed by atoms with van der Waals surface area (Å²) in [5, 5.41) is 0. The Hall–Kier alpha value is -1.02. The molecule has 0 spiro atoms. The predicted octanol–water partition coefficient (Wildman–Crippen LogP) is 1.96. The molecule has 3 rings (SSSR count). The molecule has 1 aromatic rings. The van der Waals surface area contributed by atoms with Gasteiger partial charge in [0.25, 0.3) is 0 Å². The Kier molecular flexibility index (Phi) is 1.77. The fourth-order valence-electron chi connectivity index (χ4n) is 2.57. The van der Waals surface area contributed by atoms with Gasteiger partial charge in [0.05, 0.1) is 6.61 Å². The summed E-state index contributed by atoms with van der Waals surface area (Å²) in [5.41, 5.74) is 10.1. The first-order valence-electron chi connectivity index (χ1n) is 5.39. The van der Waals surface area contributed by atoms with Crippen molar-refractivity contribution in [2.24, 2.45) is 5.73 Å². The van der Waals surface area contributed by atoms with Gasteiger partial charge in [-0.25, -0.2) is 0 Å². The van der Waals surface area contributed by atoms with Gasteiger partial charge in [-0.05, 0) is 42.4 Å². The highest BCUT2D eigenvalue weighted by molar-refractivity contribution is 5.50. The van der Waals surface area contributed by atoms with Crippen LogP contribution in [0.4, 0.5) is 0 Å². The van der Waals surface area contributed by atoms with E-state index in [4.69, 9.17) is 10.5 Å². The van der Waals surface area contributed by atoms with Gasteiger partial charge in [-0.2, -0.15) is 0 Å². The van der Waals surface area contributed by atoms with Gasteiger partial charge in [-0.3, -0.25) is 0 Å². The quantitative estimate of drug-likeness (QED) is 0.677. The van der Waals surface area contributed by atoms with Crippen molar-refractivity contribution >= 4 is 0 Å². The minimum Gasteiger partial charge on any atom is -0.493 e. The van der Waals surface area contributed by atoms with Crippen molar-refractivity contribution in [3.8, 4) is 5.75 Å². The summed E-state index contributed by atoms with van der Waals surface area (Å²) in [4.78, 5) is 0. The summed E-state index contributed by atoms with van der Waals surface area (Å²) in [7, 11) is 0. The molecule has 1 atom stereocenters. The van der Waals surface area contributed by atoms with Crippen molar-refractivity contribution < 1.29 is 4.74 Å². The van der Waals surface area contributed by atoms with E-state index < -0.39 is 0 Å². The molecule has 0 aromatic heterocycles. The summed E-state index contributed by atoms with van der Waals surface area (Å²) < 4.78 is 5.76. The lowest BCUT2D eigenvalue weighted by Gasteiger charge is -2.20. The Bertz CT molecular complexity index is 373. The number of fused-ring (bicyclic) bond motifs is 3. The highest BCUT2D eigenvalue weighted by atomic mass is 16.5. The van der Waals surface area contributed by atoms with Crippen LogP contribution in [-0.4, -0.2) is 6.61 Å². The second-order valence-corrected chi connectivity index (χ2v) is 4.22. The molecule has 1 aromatic carbocycles. The Labute approximate surface area is 84.1 Å². The van der Waals surface area contributed by atoms with Gasteiger partial charge in [0.2, 0.25) is 0 Å². The van der Waals surface area contributed by atoms with Gasteiger partial charge in [0.15, 0.2) is 0 Å². The molecule has 14 heavy (non-hydrogen) atoms. The molecule has 0 fully saturated rings. The molecule has 74 valence electrons. The minimum atomic E-state index is 0.237. The van der Waals surface area contributed by atoms with Crippen LogP contribution in [0, 0.1) is 0 Å². The van der Waals surface area contributed by atoms with E-state index >= 15 is 0 Å². The van der Waals surface area contributed by atoms with Crippen LogP contribution in [0.25, 0.3) is 0 Å². The number of rotatable bonds is 0. The van der Waals surface area contributed by atoms with Crippen LogP contribution in [0.2, 0.25) is 0 Å². The third-order valence-electron chi connectivity index (χ3n) is 3.32. The molecule has 1 heterocycles. The Balaban J connectivity index is 2.15. The summed E-state index contributed by atoms with van der Waals surface area (Å²) >= 11 is 0. The highest BCUT2D eigenvalue weighted by Crippen LogP contribution is 2.39. The third kappa shape index (κ3) is 1.07.